The zero-order valence-electron chi connectivity index (χ0n) is 52.1. The van der Waals surface area contributed by atoms with Gasteiger partial charge >= 0.3 is 5.97 Å². The van der Waals surface area contributed by atoms with Crippen molar-refractivity contribution in [3.05, 3.63) is 65.7 Å². The van der Waals surface area contributed by atoms with Crippen molar-refractivity contribution < 1.29 is 124 Å². The summed E-state index contributed by atoms with van der Waals surface area (Å²) in [6.45, 7) is 1.10. The fourth-order valence-corrected chi connectivity index (χ4v) is 11.6. The van der Waals surface area contributed by atoms with Crippen LogP contribution in [0.3, 0.4) is 0 Å². The van der Waals surface area contributed by atoms with Crippen LogP contribution in [0.15, 0.2) is 64.6 Å². The number of hydrogen-bond acceptors (Lipinski definition) is 32. The van der Waals surface area contributed by atoms with E-state index in [1.54, 1.807) is 37.3 Å². The maximum Gasteiger partial charge on any atom is 0.306 e. The number of aldehydes is 1. The van der Waals surface area contributed by atoms with Crippen molar-refractivity contribution in [3.8, 4) is 5.75 Å². The van der Waals surface area contributed by atoms with Crippen LogP contribution in [0.1, 0.15) is 57.1 Å². The van der Waals surface area contributed by atoms with Crippen LogP contribution < -0.4 is 48.5 Å². The Morgan fingerprint density at radius 2 is 1.29 bits per heavy atom. The molecule has 2 aromatic carbocycles. The van der Waals surface area contributed by atoms with E-state index in [4.69, 9.17) is 45.6 Å². The molecule has 5 heterocycles. The van der Waals surface area contributed by atoms with Crippen molar-refractivity contribution in [2.75, 3.05) is 39.5 Å². The first-order chi connectivity index (χ1) is 45.2. The second kappa shape index (κ2) is 34.3. The standard InChI is InChI=1S/C59H89N11O25/c1-4-29(26-8-6-5-7-9-26)37(60)52(87)66-30(16-25-11-13-28(14-12-25)90-56-48(85)46(83)49(35(23-75)93-56)95-57-50(94-36(76)15-10-24(2)3)45(82)43(80)34(22-74)92-57)51(86)68-38(40(77)31-17-63-58(61)67-31)54(89)69-39(53(88)65-27(19-71)20-72)41(78)32-18-64-59(62)70(32)55-47(84)44(81)42(79)33(21-73)91-55/h5-9,11-14,19,24,27,29-35,37-50,55-57,72-75,77-85H,4,10,15-18,20-23,60H2,1-3H3,(H2,62,64)(H,65,88)(H,66,87)(H,68,86)(H,69,89)(H3,61,63,67)/t27-,29?,30+,31?,32?,33?,34?,35?,37+,38+,39+,40?,41?,42?,43?,44?,45?,46?,47?,48?,49?,50?,55?,56?,57?/m1/s1. The monoisotopic (exact) mass is 1350 g/mol. The van der Waals surface area contributed by atoms with E-state index in [9.17, 15) is 90.4 Å². The topological polar surface area (TPSA) is 587 Å². The van der Waals surface area contributed by atoms with Crippen molar-refractivity contribution in [3.63, 3.8) is 0 Å². The van der Waals surface area contributed by atoms with Crippen molar-refractivity contribution >= 4 is 47.8 Å². The van der Waals surface area contributed by atoms with Crippen molar-refractivity contribution in [2.24, 2.45) is 33.1 Å². The number of nitrogens with one attached hydrogen (secondary N) is 5. The lowest BCUT2D eigenvalue weighted by Crippen LogP contribution is -2.70. The smallest absolute Gasteiger partial charge is 0.306 e. The summed E-state index contributed by atoms with van der Waals surface area (Å²) in [6.07, 6.45) is -30.5. The van der Waals surface area contributed by atoms with Crippen LogP contribution in [0, 0.1) is 5.92 Å². The van der Waals surface area contributed by atoms with E-state index >= 15 is 4.79 Å². The fourth-order valence-electron chi connectivity index (χ4n) is 11.6. The molecule has 3 saturated heterocycles. The molecule has 530 valence electrons. The first-order valence-corrected chi connectivity index (χ1v) is 31.0. The van der Waals surface area contributed by atoms with E-state index in [0.29, 0.717) is 18.4 Å². The second-order valence-corrected chi connectivity index (χ2v) is 24.1. The van der Waals surface area contributed by atoms with E-state index in [-0.39, 0.29) is 42.4 Å². The highest BCUT2D eigenvalue weighted by Gasteiger charge is 2.55. The molecular weight excluding hydrogens is 1260 g/mol. The summed E-state index contributed by atoms with van der Waals surface area (Å²) < 4.78 is 34.5. The first kappa shape index (κ1) is 75.5. The molecule has 0 bridgehead atoms. The van der Waals surface area contributed by atoms with Gasteiger partial charge in [0.1, 0.15) is 116 Å². The van der Waals surface area contributed by atoms with Gasteiger partial charge in [-0.3, -0.25) is 34.0 Å². The van der Waals surface area contributed by atoms with E-state index in [0.717, 1.165) is 4.90 Å². The van der Waals surface area contributed by atoms with Crippen molar-refractivity contribution in [1.82, 2.24) is 31.5 Å². The van der Waals surface area contributed by atoms with Gasteiger partial charge in [-0.2, -0.15) is 0 Å². The number of aliphatic hydroxyl groups excluding tert-OH is 13. The number of ether oxygens (including phenoxy) is 6. The quantitative estimate of drug-likeness (QED) is 0.0246. The van der Waals surface area contributed by atoms with E-state index in [1.807, 2.05) is 13.8 Å². The third-order valence-corrected chi connectivity index (χ3v) is 17.1. The summed E-state index contributed by atoms with van der Waals surface area (Å²) in [4.78, 5) is 92.3. The van der Waals surface area contributed by atoms with Crippen LogP contribution in [0.4, 0.5) is 0 Å². The van der Waals surface area contributed by atoms with E-state index in [2.05, 4.69) is 36.6 Å². The second-order valence-electron chi connectivity index (χ2n) is 24.1. The van der Waals surface area contributed by atoms with Gasteiger partial charge < -0.3 is 148 Å². The summed E-state index contributed by atoms with van der Waals surface area (Å²) >= 11 is 0. The molecule has 0 aliphatic carbocycles. The van der Waals surface area contributed by atoms with Gasteiger partial charge in [-0.25, -0.2) is 0 Å². The predicted molar refractivity (Wildman–Crippen MR) is 325 cm³/mol. The molecule has 4 amide bonds. The highest BCUT2D eigenvalue weighted by molar-refractivity contribution is 5.96. The minimum atomic E-state index is -2.27. The number of carbonyl (C=O) groups excluding carboxylic acids is 6. The largest absolute Gasteiger partial charge is 0.462 e. The van der Waals surface area contributed by atoms with Crippen LogP contribution in [0.5, 0.6) is 5.75 Å². The summed E-state index contributed by atoms with van der Waals surface area (Å²) in [6, 6.07) is 2.22. The lowest BCUT2D eigenvalue weighted by Gasteiger charge is -2.46. The third-order valence-electron chi connectivity index (χ3n) is 17.1. The number of rotatable bonds is 31. The van der Waals surface area contributed by atoms with E-state index in [1.165, 1.54) is 24.3 Å². The molecule has 36 nitrogen and oxygen atoms in total. The number of guanidine groups is 2. The average molecular weight is 1350 g/mol. The Kier molecular flexibility index (Phi) is 27.3. The maximum atomic E-state index is 15.0. The van der Waals surface area contributed by atoms with Gasteiger partial charge in [-0.1, -0.05) is 63.2 Å². The predicted octanol–water partition coefficient (Wildman–Crippen LogP) is -10.3. The SMILES string of the molecule is CCC(c1ccccc1)[C@H](N)C(=O)N[C@@H](Cc1ccc(OC2OC(CO)C(OC3OC(CO)C(O)C(O)C3OC(=O)CCC(C)C)C(O)C2O)cc1)C(=O)N[C@H](C(=O)N[C@H](C(=O)N[C@H](C=O)CO)C(O)C1CN=C(N)N1C1OC(CO)C(O)C(O)C1O)C(O)C1CN=C(N)N1. The Labute approximate surface area is 544 Å². The average Bonchev–Trinajstić information content (AvgIpc) is 1.77. The Balaban J connectivity index is 1.15. The third kappa shape index (κ3) is 18.2. The number of hydrogen-bond donors (Lipinski definition) is 21. The molecule has 36 heteroatoms. The van der Waals surface area contributed by atoms with Gasteiger partial charge in [-0.05, 0) is 42.0 Å². The van der Waals surface area contributed by atoms with Gasteiger partial charge in [0.15, 0.2) is 30.5 Å². The molecule has 5 aliphatic rings. The van der Waals surface area contributed by atoms with Crippen LogP contribution >= 0.6 is 0 Å². The number of nitrogens with two attached hydrogens (primary N) is 3. The molecule has 5 aliphatic heterocycles. The summed E-state index contributed by atoms with van der Waals surface area (Å²) in [7, 11) is 0. The lowest BCUT2D eigenvalue weighted by atomic mass is 9.89. The molecule has 2 aromatic rings. The molecule has 0 spiro atoms. The number of aliphatic imine (C=N–C) groups is 2. The van der Waals surface area contributed by atoms with Gasteiger partial charge in [-0.15, -0.1) is 0 Å². The molecule has 95 heavy (non-hydrogen) atoms. The highest BCUT2D eigenvalue weighted by Crippen LogP contribution is 2.33. The zero-order valence-corrected chi connectivity index (χ0v) is 52.1. The molecule has 3 fully saturated rings. The Bertz CT molecular complexity index is 2920. The summed E-state index contributed by atoms with van der Waals surface area (Å²) in [5, 5.41) is 153. The molecule has 20 unspecified atom stereocenters. The summed E-state index contributed by atoms with van der Waals surface area (Å²) in [5.41, 5.74) is 19.6. The molecule has 25 atom stereocenters. The van der Waals surface area contributed by atoms with Crippen LogP contribution in [0.2, 0.25) is 0 Å². The van der Waals surface area contributed by atoms with Gasteiger partial charge in [0, 0.05) is 18.8 Å². The van der Waals surface area contributed by atoms with Crippen molar-refractivity contribution in [1.29, 1.82) is 0 Å². The van der Waals surface area contributed by atoms with Crippen molar-refractivity contribution in [2.45, 2.75) is 199 Å². The molecule has 0 radical (unpaired) electrons. The summed E-state index contributed by atoms with van der Waals surface area (Å²) in [5.74, 6) is -6.85. The molecule has 24 N–H and O–H groups in total. The number of carbonyl (C=O) groups is 6. The molecular formula is C59H89N11O25. The number of amides is 4. The lowest BCUT2D eigenvalue weighted by molar-refractivity contribution is -0.353. The number of aliphatic hydroxyl groups is 13. The minimum absolute atomic E-state index is 0.0542. The Morgan fingerprint density at radius 3 is 1.89 bits per heavy atom. The molecule has 7 rings (SSSR count). The van der Waals surface area contributed by atoms with Gasteiger partial charge in [0.25, 0.3) is 0 Å². The number of esters is 1. The van der Waals surface area contributed by atoms with Crippen LogP contribution in [-0.4, -0.2) is 305 Å². The Hall–Kier alpha value is -6.92. The van der Waals surface area contributed by atoms with Gasteiger partial charge in [0.05, 0.1) is 57.6 Å². The number of benzene rings is 2. The molecule has 0 aromatic heterocycles. The fraction of sp³-hybridized carbons (Fsp3) is 0.661. The Morgan fingerprint density at radius 1 is 0.695 bits per heavy atom. The molecule has 0 saturated carbocycles. The minimum Gasteiger partial charge on any atom is -0.462 e. The van der Waals surface area contributed by atoms with E-state index < -0.39 is 227 Å². The first-order valence-electron chi connectivity index (χ1n) is 31.0. The van der Waals surface area contributed by atoms with Crippen LogP contribution in [0.25, 0.3) is 0 Å². The normalized spacial score (nSPS) is 31.8. The highest BCUT2D eigenvalue weighted by atomic mass is 16.7. The van der Waals surface area contributed by atoms with Crippen LogP contribution in [-0.2, 0) is 58.9 Å². The maximum absolute atomic E-state index is 15.0. The number of nitrogens with zero attached hydrogens (tertiary/aromatic N) is 3. The zero-order chi connectivity index (χ0) is 69.7. The van der Waals surface area contributed by atoms with Gasteiger partial charge in [0.2, 0.25) is 29.9 Å².